The smallest absolute Gasteiger partial charge is 0.258 e. The number of aromatic nitrogens is 6. The van der Waals surface area contributed by atoms with E-state index in [4.69, 9.17) is 5.84 Å². The highest BCUT2D eigenvalue weighted by Gasteiger charge is 2.07. The second-order valence-corrected chi connectivity index (χ2v) is 4.73. The summed E-state index contributed by atoms with van der Waals surface area (Å²) in [7, 11) is 0. The summed E-state index contributed by atoms with van der Waals surface area (Å²) in [6.45, 7) is 5.19. The molecule has 0 aliphatic carbocycles. The largest absolute Gasteiger partial charge is 0.354 e. The highest BCUT2D eigenvalue weighted by atomic mass is 15.4. The lowest BCUT2D eigenvalue weighted by Gasteiger charge is -2.09. The third-order valence-electron chi connectivity index (χ3n) is 2.62. The summed E-state index contributed by atoms with van der Waals surface area (Å²) >= 11 is 0. The second-order valence-electron chi connectivity index (χ2n) is 4.73. The summed E-state index contributed by atoms with van der Waals surface area (Å²) in [6.07, 6.45) is 5.12. The maximum Gasteiger partial charge on any atom is 0.258 e. The quantitative estimate of drug-likeness (QED) is 0.382. The van der Waals surface area contributed by atoms with Gasteiger partial charge in [-0.2, -0.15) is 24.7 Å². The number of nitrogens with two attached hydrogens (primary N) is 1. The Morgan fingerprint density at radius 3 is 2.70 bits per heavy atom. The molecule has 0 aromatic carbocycles. The molecule has 0 aliphatic rings. The Morgan fingerprint density at radius 2 is 2.05 bits per heavy atom. The Bertz CT molecular complexity index is 523. The molecule has 0 atom stereocenters. The van der Waals surface area contributed by atoms with Crippen molar-refractivity contribution in [1.29, 1.82) is 0 Å². The van der Waals surface area contributed by atoms with Gasteiger partial charge in [0.05, 0.1) is 0 Å². The zero-order valence-corrected chi connectivity index (χ0v) is 11.6. The number of nitrogens with zero attached hydrogens (tertiary/aromatic N) is 6. The van der Waals surface area contributed by atoms with E-state index in [-0.39, 0.29) is 5.95 Å². The van der Waals surface area contributed by atoms with Gasteiger partial charge in [-0.15, -0.1) is 0 Å². The van der Waals surface area contributed by atoms with Crippen LogP contribution < -0.4 is 16.6 Å². The Morgan fingerprint density at radius 1 is 1.25 bits per heavy atom. The summed E-state index contributed by atoms with van der Waals surface area (Å²) in [5, 5.41) is 7.14. The van der Waals surface area contributed by atoms with Crippen LogP contribution in [-0.2, 0) is 0 Å². The number of hydrogen-bond acceptors (Lipinski definition) is 8. The second kappa shape index (κ2) is 6.75. The highest BCUT2D eigenvalue weighted by molar-refractivity contribution is 5.36. The first-order valence-corrected chi connectivity index (χ1v) is 6.50. The fraction of sp³-hybridized carbons (Fsp3) is 0.545. The van der Waals surface area contributed by atoms with Crippen LogP contribution in [0.5, 0.6) is 0 Å². The van der Waals surface area contributed by atoms with Gasteiger partial charge in [0.2, 0.25) is 11.9 Å². The molecule has 0 saturated heterocycles. The van der Waals surface area contributed by atoms with Crippen molar-refractivity contribution in [2.45, 2.75) is 26.7 Å². The molecule has 0 radical (unpaired) electrons. The standard InChI is InChI=1S/C11H19N9/c1-8(2)4-3-5-14-9-16-10(19-12)18-11(17-9)20-7-13-6-15-20/h6-8H,3-5,12H2,1-2H3,(H2,14,16,17,18,19). The Labute approximate surface area is 117 Å². The van der Waals surface area contributed by atoms with Gasteiger partial charge in [-0.3, -0.25) is 5.43 Å². The number of rotatable bonds is 7. The van der Waals surface area contributed by atoms with E-state index in [2.05, 4.69) is 49.6 Å². The van der Waals surface area contributed by atoms with Gasteiger partial charge in [0.1, 0.15) is 12.7 Å². The van der Waals surface area contributed by atoms with Crippen LogP contribution in [0.2, 0.25) is 0 Å². The number of hydrazine groups is 1. The van der Waals surface area contributed by atoms with E-state index < -0.39 is 0 Å². The van der Waals surface area contributed by atoms with Crippen molar-refractivity contribution in [3.05, 3.63) is 12.7 Å². The zero-order chi connectivity index (χ0) is 14.4. The van der Waals surface area contributed by atoms with E-state index in [9.17, 15) is 0 Å². The van der Waals surface area contributed by atoms with Crippen LogP contribution in [0.1, 0.15) is 26.7 Å². The van der Waals surface area contributed by atoms with Gasteiger partial charge in [0.15, 0.2) is 0 Å². The first-order chi connectivity index (χ1) is 9.69. The topological polar surface area (TPSA) is 119 Å². The molecular weight excluding hydrogens is 258 g/mol. The molecule has 9 nitrogen and oxygen atoms in total. The van der Waals surface area contributed by atoms with E-state index in [1.54, 1.807) is 0 Å². The van der Waals surface area contributed by atoms with Gasteiger partial charge in [0.25, 0.3) is 5.95 Å². The van der Waals surface area contributed by atoms with Gasteiger partial charge in [0, 0.05) is 6.54 Å². The lowest BCUT2D eigenvalue weighted by atomic mass is 10.1. The van der Waals surface area contributed by atoms with E-state index in [0.29, 0.717) is 17.8 Å². The first-order valence-electron chi connectivity index (χ1n) is 6.50. The number of hydrogen-bond donors (Lipinski definition) is 3. The monoisotopic (exact) mass is 277 g/mol. The summed E-state index contributed by atoms with van der Waals surface area (Å²) in [5.41, 5.74) is 2.41. The molecule has 2 heterocycles. The molecule has 0 saturated carbocycles. The molecule has 9 heteroatoms. The van der Waals surface area contributed by atoms with Gasteiger partial charge < -0.3 is 5.32 Å². The number of nitrogens with one attached hydrogen (secondary N) is 2. The Kier molecular flexibility index (Phi) is 4.77. The van der Waals surface area contributed by atoms with Crippen molar-refractivity contribution in [3.63, 3.8) is 0 Å². The molecule has 0 unspecified atom stereocenters. The molecule has 2 rings (SSSR count). The minimum Gasteiger partial charge on any atom is -0.354 e. The van der Waals surface area contributed by atoms with Crippen LogP contribution in [0, 0.1) is 5.92 Å². The maximum atomic E-state index is 5.36. The summed E-state index contributed by atoms with van der Waals surface area (Å²) < 4.78 is 1.45. The van der Waals surface area contributed by atoms with Crippen molar-refractivity contribution < 1.29 is 0 Å². The van der Waals surface area contributed by atoms with Crippen LogP contribution >= 0.6 is 0 Å². The third-order valence-corrected chi connectivity index (χ3v) is 2.62. The molecule has 2 aromatic rings. The third kappa shape index (κ3) is 3.85. The summed E-state index contributed by atoms with van der Waals surface area (Å²) in [4.78, 5) is 16.4. The van der Waals surface area contributed by atoms with Gasteiger partial charge in [-0.1, -0.05) is 13.8 Å². The van der Waals surface area contributed by atoms with Crippen LogP contribution in [0.25, 0.3) is 5.95 Å². The lowest BCUT2D eigenvalue weighted by molar-refractivity contribution is 0.566. The van der Waals surface area contributed by atoms with Gasteiger partial charge >= 0.3 is 0 Å². The van der Waals surface area contributed by atoms with Crippen LogP contribution in [0.15, 0.2) is 12.7 Å². The average Bonchev–Trinajstić information content (AvgIpc) is 2.97. The van der Waals surface area contributed by atoms with Crippen molar-refractivity contribution in [3.8, 4) is 5.95 Å². The fourth-order valence-electron chi connectivity index (χ4n) is 1.63. The van der Waals surface area contributed by atoms with E-state index in [0.717, 1.165) is 19.4 Å². The highest BCUT2D eigenvalue weighted by Crippen LogP contribution is 2.08. The fourth-order valence-corrected chi connectivity index (χ4v) is 1.63. The van der Waals surface area contributed by atoms with Crippen molar-refractivity contribution in [1.82, 2.24) is 29.7 Å². The van der Waals surface area contributed by atoms with Crippen molar-refractivity contribution in [2.24, 2.45) is 11.8 Å². The first kappa shape index (κ1) is 14.1. The number of anilines is 2. The van der Waals surface area contributed by atoms with E-state index in [1.165, 1.54) is 17.3 Å². The summed E-state index contributed by atoms with van der Waals surface area (Å²) in [5.74, 6) is 7.14. The Balaban J connectivity index is 2.06. The SMILES string of the molecule is CC(C)CCCNc1nc(NN)nc(-n2cncn2)n1. The molecular formula is C11H19N9. The molecule has 0 bridgehead atoms. The van der Waals surface area contributed by atoms with Crippen LogP contribution in [-0.4, -0.2) is 36.3 Å². The predicted octanol–water partition coefficient (Wildman–Crippen LogP) is 0.586. The van der Waals surface area contributed by atoms with Crippen molar-refractivity contribution in [2.75, 3.05) is 17.3 Å². The van der Waals surface area contributed by atoms with Crippen LogP contribution in [0.3, 0.4) is 0 Å². The molecule has 2 aromatic heterocycles. The minimum atomic E-state index is 0.275. The average molecular weight is 277 g/mol. The molecule has 0 amide bonds. The molecule has 0 aliphatic heterocycles. The van der Waals surface area contributed by atoms with E-state index >= 15 is 0 Å². The zero-order valence-electron chi connectivity index (χ0n) is 11.6. The molecule has 0 spiro atoms. The van der Waals surface area contributed by atoms with Gasteiger partial charge in [-0.05, 0) is 18.8 Å². The lowest BCUT2D eigenvalue weighted by Crippen LogP contribution is -2.16. The molecule has 0 fully saturated rings. The normalized spacial score (nSPS) is 10.8. The predicted molar refractivity (Wildman–Crippen MR) is 75.1 cm³/mol. The van der Waals surface area contributed by atoms with Gasteiger partial charge in [-0.25, -0.2) is 10.8 Å². The molecule has 20 heavy (non-hydrogen) atoms. The van der Waals surface area contributed by atoms with Crippen LogP contribution in [0.4, 0.5) is 11.9 Å². The Hall–Kier alpha value is -2.29. The van der Waals surface area contributed by atoms with Crippen molar-refractivity contribution >= 4 is 11.9 Å². The minimum absolute atomic E-state index is 0.275. The molecule has 4 N–H and O–H groups in total. The molecule has 108 valence electrons. The van der Waals surface area contributed by atoms with E-state index in [1.807, 2.05) is 0 Å². The maximum absolute atomic E-state index is 5.36. The number of nitrogen functional groups attached to an aromatic ring is 1. The summed E-state index contributed by atoms with van der Waals surface area (Å²) in [6, 6.07) is 0.